The average molecular weight is 532 g/mol. The number of nitrogen functional groups attached to an aromatic ring is 1. The van der Waals surface area contributed by atoms with Gasteiger partial charge in [0.2, 0.25) is 15.9 Å². The zero-order chi connectivity index (χ0) is 27.9. The number of carbonyl (C=O) groups is 1. The first-order valence-electron chi connectivity index (χ1n) is 12.5. The first kappa shape index (κ1) is 30.3. The van der Waals surface area contributed by atoms with Crippen LogP contribution >= 0.6 is 0 Å². The van der Waals surface area contributed by atoms with Crippen LogP contribution in [0.25, 0.3) is 0 Å². The van der Waals surface area contributed by atoms with E-state index < -0.39 is 10.0 Å². The second-order valence-electron chi connectivity index (χ2n) is 10.3. The number of rotatable bonds is 9. The summed E-state index contributed by atoms with van der Waals surface area (Å²) in [5.41, 5.74) is 10.0. The number of hydrogen-bond acceptors (Lipinski definition) is 7. The third-order valence-electron chi connectivity index (χ3n) is 6.48. The minimum Gasteiger partial charge on any atom is -0.475 e. The summed E-state index contributed by atoms with van der Waals surface area (Å²) in [5, 5.41) is 9.23. The number of sulfonamides is 1. The maximum absolute atomic E-state index is 12.1. The summed E-state index contributed by atoms with van der Waals surface area (Å²) < 4.78 is 31.2. The Balaban J connectivity index is 0.000000264. The number of aliphatic hydroxyl groups is 1. The van der Waals surface area contributed by atoms with Crippen molar-refractivity contribution in [3.8, 4) is 0 Å². The van der Waals surface area contributed by atoms with E-state index >= 15 is 0 Å². The van der Waals surface area contributed by atoms with Crippen LogP contribution in [0.1, 0.15) is 61.2 Å². The smallest absolute Gasteiger partial charge is 0.229 e. The van der Waals surface area contributed by atoms with Crippen molar-refractivity contribution in [3.05, 3.63) is 58.7 Å². The van der Waals surface area contributed by atoms with E-state index in [0.29, 0.717) is 47.3 Å². The van der Waals surface area contributed by atoms with Crippen molar-refractivity contribution in [2.45, 2.75) is 54.0 Å². The van der Waals surface area contributed by atoms with Crippen LogP contribution < -0.4 is 10.5 Å². The van der Waals surface area contributed by atoms with Gasteiger partial charge in [-0.2, -0.15) is 0 Å². The zero-order valence-electron chi connectivity index (χ0n) is 22.9. The van der Waals surface area contributed by atoms with E-state index in [4.69, 9.17) is 10.5 Å². The average Bonchev–Trinajstić information content (AvgIpc) is 3.30. The van der Waals surface area contributed by atoms with Crippen molar-refractivity contribution in [2.75, 3.05) is 29.9 Å². The predicted molar refractivity (Wildman–Crippen MR) is 151 cm³/mol. The molecule has 204 valence electrons. The summed E-state index contributed by atoms with van der Waals surface area (Å²) in [4.78, 5) is 16.6. The lowest BCUT2D eigenvalue weighted by molar-refractivity contribution is 0.0908. The second kappa shape index (κ2) is 13.1. The first-order chi connectivity index (χ1) is 17.2. The van der Waals surface area contributed by atoms with Gasteiger partial charge in [0.15, 0.2) is 5.78 Å². The number of aliphatic imine (C=N–C) groups is 1. The van der Waals surface area contributed by atoms with Crippen molar-refractivity contribution in [1.82, 2.24) is 0 Å². The molecule has 2 aromatic carbocycles. The maximum Gasteiger partial charge on any atom is 0.229 e. The molecule has 1 aliphatic heterocycles. The highest BCUT2D eigenvalue weighted by atomic mass is 32.2. The molecule has 0 bridgehead atoms. The molecule has 37 heavy (non-hydrogen) atoms. The fraction of sp³-hybridized carbons (Fsp3) is 0.500. The summed E-state index contributed by atoms with van der Waals surface area (Å²) in [6.07, 6.45) is 1.49. The van der Waals surface area contributed by atoms with Gasteiger partial charge in [0.1, 0.15) is 6.61 Å². The van der Waals surface area contributed by atoms with E-state index in [9.17, 15) is 18.3 Å². The lowest BCUT2D eigenvalue weighted by Crippen LogP contribution is -2.18. The molecular weight excluding hydrogens is 490 g/mol. The second-order valence-corrected chi connectivity index (χ2v) is 12.0. The standard InChI is InChI=1S/C14H20N2O3S.C14H21NO2/c1-9(2)12-8-19-14(15-12)11-7-5-6-10(3)13(11)16-20(4,17)18;1-9(2)11(8-16)7-13(17)12-6-4-5-10(3)14(12)15/h5-7,9,12,16H,8H2,1-4H3;4-6,9,11,16H,7-8,15H2,1-3H3. The Morgan fingerprint density at radius 3 is 2.30 bits per heavy atom. The largest absolute Gasteiger partial charge is 0.475 e. The van der Waals surface area contributed by atoms with E-state index in [-0.39, 0.29) is 30.3 Å². The number of hydrogen-bond donors (Lipinski definition) is 3. The molecule has 0 saturated heterocycles. The predicted octanol–water partition coefficient (Wildman–Crippen LogP) is 4.58. The Hall–Kier alpha value is -2.91. The number of aliphatic hydroxyl groups excluding tert-OH is 1. The highest BCUT2D eigenvalue weighted by Gasteiger charge is 2.25. The van der Waals surface area contributed by atoms with E-state index in [0.717, 1.165) is 17.4 Å². The Bertz CT molecular complexity index is 1220. The van der Waals surface area contributed by atoms with Gasteiger partial charge < -0.3 is 15.6 Å². The molecule has 0 spiro atoms. The Morgan fingerprint density at radius 1 is 1.14 bits per heavy atom. The summed E-state index contributed by atoms with van der Waals surface area (Å²) in [5.74, 6) is 1.21. The monoisotopic (exact) mass is 531 g/mol. The number of ketones is 1. The maximum atomic E-state index is 12.1. The fourth-order valence-corrected chi connectivity index (χ4v) is 4.47. The Morgan fingerprint density at radius 2 is 1.76 bits per heavy atom. The minimum atomic E-state index is -3.34. The molecule has 0 aliphatic carbocycles. The van der Waals surface area contributed by atoms with Gasteiger partial charge >= 0.3 is 0 Å². The molecule has 0 saturated carbocycles. The number of aryl methyl sites for hydroxylation is 2. The molecule has 3 rings (SSSR count). The van der Waals surface area contributed by atoms with Gasteiger partial charge in [-0.3, -0.25) is 9.52 Å². The topological polar surface area (TPSA) is 131 Å². The molecule has 9 heteroatoms. The van der Waals surface area contributed by atoms with Crippen LogP contribution in [0.15, 0.2) is 41.4 Å². The molecule has 0 radical (unpaired) electrons. The number of nitrogens with one attached hydrogen (secondary N) is 1. The highest BCUT2D eigenvalue weighted by Crippen LogP contribution is 2.26. The number of nitrogens with zero attached hydrogens (tertiary/aromatic N) is 1. The third-order valence-corrected chi connectivity index (χ3v) is 7.06. The van der Waals surface area contributed by atoms with Gasteiger partial charge in [0.05, 0.1) is 23.5 Å². The van der Waals surface area contributed by atoms with E-state index in [2.05, 4.69) is 23.6 Å². The van der Waals surface area contributed by atoms with Crippen LogP contribution in [0.3, 0.4) is 0 Å². The quantitative estimate of drug-likeness (QED) is 0.321. The zero-order valence-corrected chi connectivity index (χ0v) is 23.7. The SMILES string of the molecule is Cc1cccc(C(=O)CC(CO)C(C)C)c1N.Cc1cccc(C2=NC(C(C)C)CO2)c1NS(C)(=O)=O. The molecule has 0 amide bonds. The van der Waals surface area contributed by atoms with Gasteiger partial charge in [-0.05, 0) is 54.9 Å². The molecule has 1 heterocycles. The molecular formula is C28H41N3O5S. The lowest BCUT2D eigenvalue weighted by atomic mass is 9.89. The number of anilines is 2. The van der Waals surface area contributed by atoms with Gasteiger partial charge in [0, 0.05) is 24.3 Å². The van der Waals surface area contributed by atoms with Gasteiger partial charge in [-0.1, -0.05) is 52.0 Å². The van der Waals surface area contributed by atoms with Crippen LogP contribution in [0.5, 0.6) is 0 Å². The van der Waals surface area contributed by atoms with Gasteiger partial charge in [-0.15, -0.1) is 0 Å². The van der Waals surface area contributed by atoms with Gasteiger partial charge in [-0.25, -0.2) is 13.4 Å². The minimum absolute atomic E-state index is 0.00223. The van der Waals surface area contributed by atoms with E-state index in [1.165, 1.54) is 0 Å². The normalized spacial score (nSPS) is 16.1. The van der Waals surface area contributed by atoms with Crippen molar-refractivity contribution in [2.24, 2.45) is 22.7 Å². The van der Waals surface area contributed by atoms with Crippen molar-refractivity contribution in [1.29, 1.82) is 0 Å². The van der Waals surface area contributed by atoms with Crippen LogP contribution in [0.2, 0.25) is 0 Å². The van der Waals surface area contributed by atoms with Crippen molar-refractivity contribution in [3.63, 3.8) is 0 Å². The van der Waals surface area contributed by atoms with E-state index in [1.54, 1.807) is 6.07 Å². The fourth-order valence-electron chi connectivity index (χ4n) is 3.83. The van der Waals surface area contributed by atoms with Crippen molar-refractivity contribution < 1.29 is 23.1 Å². The summed E-state index contributed by atoms with van der Waals surface area (Å²) in [6, 6.07) is 11.1. The summed E-state index contributed by atoms with van der Waals surface area (Å²) in [6.45, 7) is 12.5. The first-order valence-corrected chi connectivity index (χ1v) is 14.4. The van der Waals surface area contributed by atoms with Crippen LogP contribution in [-0.4, -0.2) is 50.7 Å². The molecule has 0 fully saturated rings. The number of benzene rings is 2. The number of Topliss-reactive ketones (excluding diaryl/α,β-unsaturated/α-hetero) is 1. The molecule has 4 N–H and O–H groups in total. The molecule has 0 aromatic heterocycles. The Kier molecular flexibility index (Phi) is 10.7. The molecule has 8 nitrogen and oxygen atoms in total. The summed E-state index contributed by atoms with van der Waals surface area (Å²) >= 11 is 0. The third kappa shape index (κ3) is 8.57. The highest BCUT2D eigenvalue weighted by molar-refractivity contribution is 7.92. The molecule has 2 atom stereocenters. The Labute approximate surface area is 221 Å². The molecule has 2 unspecified atom stereocenters. The summed E-state index contributed by atoms with van der Waals surface area (Å²) in [7, 11) is -3.34. The molecule has 1 aliphatic rings. The van der Waals surface area contributed by atoms with Crippen LogP contribution in [0, 0.1) is 31.6 Å². The lowest BCUT2D eigenvalue weighted by Gasteiger charge is -2.17. The number of ether oxygens (including phenoxy) is 1. The molecule has 2 aromatic rings. The van der Waals surface area contributed by atoms with Crippen LogP contribution in [0.4, 0.5) is 11.4 Å². The van der Waals surface area contributed by atoms with Crippen LogP contribution in [-0.2, 0) is 14.8 Å². The van der Waals surface area contributed by atoms with Gasteiger partial charge in [0.25, 0.3) is 0 Å². The number of para-hydroxylation sites is 2. The van der Waals surface area contributed by atoms with E-state index in [1.807, 2.05) is 58.0 Å². The van der Waals surface area contributed by atoms with Crippen molar-refractivity contribution >= 4 is 33.1 Å². The number of nitrogens with two attached hydrogens (primary N) is 1. The number of carbonyl (C=O) groups excluding carboxylic acids is 1.